The Morgan fingerprint density at radius 2 is 1.71 bits per heavy atom. The normalized spacial score (nSPS) is 17.2. The predicted octanol–water partition coefficient (Wildman–Crippen LogP) is 3.37. The van der Waals surface area contributed by atoms with E-state index in [9.17, 15) is 14.4 Å². The summed E-state index contributed by atoms with van der Waals surface area (Å²) in [5.41, 5.74) is 2.36. The van der Waals surface area contributed by atoms with Crippen molar-refractivity contribution in [3.05, 3.63) is 71.1 Å². The Hall–Kier alpha value is -4.54. The minimum Gasteiger partial charge on any atom is -0.497 e. The van der Waals surface area contributed by atoms with E-state index in [0.717, 1.165) is 18.6 Å². The van der Waals surface area contributed by atoms with Gasteiger partial charge in [0, 0.05) is 45.0 Å². The van der Waals surface area contributed by atoms with Gasteiger partial charge < -0.3 is 29.5 Å². The molecule has 0 saturated carbocycles. The van der Waals surface area contributed by atoms with Crippen LogP contribution in [0.25, 0.3) is 5.69 Å². The van der Waals surface area contributed by atoms with Gasteiger partial charge in [-0.15, -0.1) is 0 Å². The average Bonchev–Trinajstić information content (AvgIpc) is 3.02. The molecule has 0 bridgehead atoms. The van der Waals surface area contributed by atoms with Crippen LogP contribution in [0.1, 0.15) is 19.8 Å². The highest BCUT2D eigenvalue weighted by atomic mass is 16.5. The minimum absolute atomic E-state index is 0.180. The summed E-state index contributed by atoms with van der Waals surface area (Å²) >= 11 is 0. The highest BCUT2D eigenvalue weighted by molar-refractivity contribution is 5.89. The number of piperidine rings is 1. The van der Waals surface area contributed by atoms with Crippen LogP contribution in [0, 0.1) is 5.92 Å². The van der Waals surface area contributed by atoms with E-state index in [1.165, 1.54) is 4.68 Å². The number of ether oxygens (including phenoxy) is 2. The van der Waals surface area contributed by atoms with E-state index in [1.807, 2.05) is 35.2 Å². The van der Waals surface area contributed by atoms with Crippen molar-refractivity contribution in [1.29, 1.82) is 0 Å². The van der Waals surface area contributed by atoms with Gasteiger partial charge in [-0.1, -0.05) is 18.2 Å². The molecule has 0 spiro atoms. The second-order valence-corrected chi connectivity index (χ2v) is 10.1. The first-order valence-corrected chi connectivity index (χ1v) is 14.0. The number of nitrogens with one attached hydrogen (secondary N) is 1. The smallest absolute Gasteiger partial charge is 0.321 e. The molecular weight excluding hydrogens is 524 g/mol. The number of hydrogen-bond acceptors (Lipinski definition) is 8. The van der Waals surface area contributed by atoms with Gasteiger partial charge >= 0.3 is 12.0 Å². The van der Waals surface area contributed by atoms with Crippen molar-refractivity contribution >= 4 is 29.1 Å². The fourth-order valence-corrected chi connectivity index (χ4v) is 5.38. The molecule has 216 valence electrons. The number of amides is 2. The van der Waals surface area contributed by atoms with Gasteiger partial charge in [0.15, 0.2) is 0 Å². The third-order valence-corrected chi connectivity index (χ3v) is 7.54. The van der Waals surface area contributed by atoms with E-state index in [0.29, 0.717) is 68.6 Å². The number of methoxy groups -OCH3 is 1. The van der Waals surface area contributed by atoms with E-state index in [4.69, 9.17) is 9.47 Å². The summed E-state index contributed by atoms with van der Waals surface area (Å²) in [4.78, 5) is 45.4. The third kappa shape index (κ3) is 6.29. The molecule has 11 nitrogen and oxygen atoms in total. The molecule has 3 heterocycles. The van der Waals surface area contributed by atoms with Crippen molar-refractivity contribution < 1.29 is 19.1 Å². The van der Waals surface area contributed by atoms with Gasteiger partial charge in [0.1, 0.15) is 11.4 Å². The molecule has 2 saturated heterocycles. The number of esters is 1. The summed E-state index contributed by atoms with van der Waals surface area (Å²) in [5.74, 6) is 0.193. The molecule has 11 heteroatoms. The number of carbonyl (C=O) groups is 2. The lowest BCUT2D eigenvalue weighted by molar-refractivity contribution is -0.148. The van der Waals surface area contributed by atoms with E-state index >= 15 is 0 Å². The van der Waals surface area contributed by atoms with Crippen molar-refractivity contribution in [2.45, 2.75) is 19.8 Å². The summed E-state index contributed by atoms with van der Waals surface area (Å²) in [6.07, 6.45) is 3.23. The molecule has 0 radical (unpaired) electrons. The minimum atomic E-state index is -0.298. The maximum atomic E-state index is 14.0. The zero-order chi connectivity index (χ0) is 28.8. The Labute approximate surface area is 239 Å². The monoisotopic (exact) mass is 560 g/mol. The molecular formula is C30H36N6O5. The molecule has 5 rings (SSSR count). The number of aromatic nitrogens is 2. The number of para-hydroxylation sites is 1. The largest absolute Gasteiger partial charge is 0.497 e. The number of benzene rings is 2. The maximum Gasteiger partial charge on any atom is 0.321 e. The molecule has 2 aliphatic rings. The van der Waals surface area contributed by atoms with Crippen LogP contribution in [0.4, 0.5) is 21.9 Å². The number of hydrogen-bond donors (Lipinski definition) is 1. The van der Waals surface area contributed by atoms with Crippen LogP contribution in [0.3, 0.4) is 0 Å². The highest BCUT2D eigenvalue weighted by Crippen LogP contribution is 2.31. The van der Waals surface area contributed by atoms with Crippen molar-refractivity contribution in [1.82, 2.24) is 14.7 Å². The molecule has 2 aliphatic heterocycles. The van der Waals surface area contributed by atoms with Gasteiger partial charge in [-0.05, 0) is 56.2 Å². The summed E-state index contributed by atoms with van der Waals surface area (Å²) in [6, 6.07) is 16.3. The molecule has 2 fully saturated rings. The average molecular weight is 561 g/mol. The molecule has 3 aromatic rings. The molecule has 41 heavy (non-hydrogen) atoms. The Bertz CT molecular complexity index is 1400. The molecule has 1 aromatic heterocycles. The van der Waals surface area contributed by atoms with Gasteiger partial charge in [0.2, 0.25) is 0 Å². The number of rotatable bonds is 7. The number of nitrogens with zero attached hydrogens (tertiary/aromatic N) is 5. The lowest BCUT2D eigenvalue weighted by Crippen LogP contribution is -2.51. The molecule has 1 unspecified atom stereocenters. The van der Waals surface area contributed by atoms with Crippen molar-refractivity contribution in [3.63, 3.8) is 0 Å². The fraction of sp³-hybridized carbons (Fsp3) is 0.400. The topological polar surface area (TPSA) is 109 Å². The van der Waals surface area contributed by atoms with Crippen LogP contribution >= 0.6 is 0 Å². The first-order valence-electron chi connectivity index (χ1n) is 14.0. The zero-order valence-electron chi connectivity index (χ0n) is 23.5. The van der Waals surface area contributed by atoms with Crippen LogP contribution in [0.2, 0.25) is 0 Å². The molecule has 0 aliphatic carbocycles. The Morgan fingerprint density at radius 3 is 2.39 bits per heavy atom. The van der Waals surface area contributed by atoms with Crippen molar-refractivity contribution in [2.75, 3.05) is 68.1 Å². The van der Waals surface area contributed by atoms with E-state index in [2.05, 4.69) is 15.3 Å². The maximum absolute atomic E-state index is 14.0. The SMILES string of the molecule is CCOC(=O)C1CCCN(c2c(N3CCN(C(=O)Nc4ccc(OC)cc4)CC3)cnn(-c3ccccc3)c2=O)C1. The predicted molar refractivity (Wildman–Crippen MR) is 157 cm³/mol. The summed E-state index contributed by atoms with van der Waals surface area (Å²) in [7, 11) is 1.60. The fourth-order valence-electron chi connectivity index (χ4n) is 5.38. The lowest BCUT2D eigenvalue weighted by atomic mass is 9.97. The van der Waals surface area contributed by atoms with E-state index in [-0.39, 0.29) is 23.5 Å². The van der Waals surface area contributed by atoms with Crippen molar-refractivity contribution in [3.8, 4) is 11.4 Å². The second kappa shape index (κ2) is 12.8. The van der Waals surface area contributed by atoms with Gasteiger partial charge in [-0.2, -0.15) is 9.78 Å². The Balaban J connectivity index is 1.37. The van der Waals surface area contributed by atoms with Gasteiger partial charge in [0.25, 0.3) is 5.56 Å². The summed E-state index contributed by atoms with van der Waals surface area (Å²) in [6.45, 7) is 5.22. The second-order valence-electron chi connectivity index (χ2n) is 10.1. The quantitative estimate of drug-likeness (QED) is 0.438. The molecule has 2 amide bonds. The molecule has 2 aromatic carbocycles. The summed E-state index contributed by atoms with van der Waals surface area (Å²) < 4.78 is 11.9. The van der Waals surface area contributed by atoms with Crippen LogP contribution in [-0.2, 0) is 9.53 Å². The molecule has 1 N–H and O–H groups in total. The lowest BCUT2D eigenvalue weighted by Gasteiger charge is -2.39. The van der Waals surface area contributed by atoms with Gasteiger partial charge in [0.05, 0.1) is 37.2 Å². The van der Waals surface area contributed by atoms with Crippen LogP contribution in [-0.4, -0.2) is 79.7 Å². The highest BCUT2D eigenvalue weighted by Gasteiger charge is 2.32. The molecule has 1 atom stereocenters. The Morgan fingerprint density at radius 1 is 0.976 bits per heavy atom. The van der Waals surface area contributed by atoms with Crippen molar-refractivity contribution in [2.24, 2.45) is 5.92 Å². The first-order chi connectivity index (χ1) is 20.0. The van der Waals surface area contributed by atoms with E-state index < -0.39 is 0 Å². The zero-order valence-corrected chi connectivity index (χ0v) is 23.5. The van der Waals surface area contributed by atoms with E-state index in [1.54, 1.807) is 49.4 Å². The third-order valence-electron chi connectivity index (χ3n) is 7.54. The Kier molecular flexibility index (Phi) is 8.71. The summed E-state index contributed by atoms with van der Waals surface area (Å²) in [5, 5.41) is 7.46. The number of piperazine rings is 1. The van der Waals surface area contributed by atoms with Crippen LogP contribution in [0.15, 0.2) is 65.6 Å². The van der Waals surface area contributed by atoms with Gasteiger partial charge in [-0.3, -0.25) is 9.59 Å². The number of carbonyl (C=O) groups excluding carboxylic acids is 2. The van der Waals surface area contributed by atoms with Gasteiger partial charge in [-0.25, -0.2) is 4.79 Å². The first kappa shape index (κ1) is 28.0. The number of anilines is 3. The number of urea groups is 1. The standard InChI is InChI=1S/C30H36N6O5/c1-3-41-29(38)22-8-7-15-35(21-22)27-26(20-31-36(28(27)37)24-9-5-4-6-10-24)33-16-18-34(19-17-33)30(39)32-23-11-13-25(40-2)14-12-23/h4-6,9-14,20,22H,3,7-8,15-19,21H2,1-2H3,(H,32,39). The van der Waals surface area contributed by atoms with Crippen LogP contribution in [0.5, 0.6) is 5.75 Å². The van der Waals surface area contributed by atoms with Crippen LogP contribution < -0.4 is 25.4 Å².